The van der Waals surface area contributed by atoms with Crippen molar-refractivity contribution in [2.75, 3.05) is 25.9 Å². The molecule has 188 valence electrons. The number of anilines is 1. The Morgan fingerprint density at radius 1 is 1.03 bits per heavy atom. The number of Topliss-reactive ketones (excluding diaryl/α,β-unsaturated/α-hetero) is 1. The summed E-state index contributed by atoms with van der Waals surface area (Å²) < 4.78 is 1.98. The molecule has 1 fully saturated rings. The molecule has 7 nitrogen and oxygen atoms in total. The number of rotatable bonds is 5. The predicted octanol–water partition coefficient (Wildman–Crippen LogP) is 4.05. The second kappa shape index (κ2) is 10.5. The fourth-order valence-electron chi connectivity index (χ4n) is 4.96. The topological polar surface area (TPSA) is 89.9 Å². The molecule has 0 spiro atoms. The van der Waals surface area contributed by atoms with Crippen molar-refractivity contribution >= 4 is 22.6 Å². The quantitative estimate of drug-likeness (QED) is 0.423. The summed E-state index contributed by atoms with van der Waals surface area (Å²) in [5.74, 6) is 7.10. The molecule has 0 saturated carbocycles. The molecule has 2 aromatic heterocycles. The van der Waals surface area contributed by atoms with Gasteiger partial charge >= 0.3 is 0 Å². The summed E-state index contributed by atoms with van der Waals surface area (Å²) in [5, 5.41) is 5.56. The number of aromatic nitrogens is 4. The van der Waals surface area contributed by atoms with Crippen LogP contribution in [0.5, 0.6) is 0 Å². The minimum absolute atomic E-state index is 0.182. The SMILES string of the molecule is Cc1cccc(CC(=O)Cc2ccc(C)c(C#Cc3nn(C4CCN(C)CC4)c4ncnc(N)c34)c2)c1. The first-order chi connectivity index (χ1) is 17.9. The maximum atomic E-state index is 12.7. The van der Waals surface area contributed by atoms with E-state index in [1.807, 2.05) is 54.9 Å². The van der Waals surface area contributed by atoms with Crippen molar-refractivity contribution in [3.63, 3.8) is 0 Å². The monoisotopic (exact) mass is 492 g/mol. The second-order valence-electron chi connectivity index (χ2n) is 10.1. The number of likely N-dealkylation sites (tertiary alicyclic amines) is 1. The highest BCUT2D eigenvalue weighted by Crippen LogP contribution is 2.28. The van der Waals surface area contributed by atoms with Gasteiger partial charge < -0.3 is 10.6 Å². The summed E-state index contributed by atoms with van der Waals surface area (Å²) >= 11 is 0. The Labute approximate surface area is 217 Å². The molecule has 3 heterocycles. The number of carbonyl (C=O) groups is 1. The lowest BCUT2D eigenvalue weighted by atomic mass is 9.98. The van der Waals surface area contributed by atoms with Gasteiger partial charge in [0.15, 0.2) is 5.65 Å². The number of piperidine rings is 1. The van der Waals surface area contributed by atoms with Crippen LogP contribution in [-0.2, 0) is 17.6 Å². The first-order valence-corrected chi connectivity index (χ1v) is 12.7. The van der Waals surface area contributed by atoms with Gasteiger partial charge in [-0.15, -0.1) is 0 Å². The van der Waals surface area contributed by atoms with Crippen molar-refractivity contribution in [1.29, 1.82) is 0 Å². The number of nitrogens with two attached hydrogens (primary N) is 1. The molecular formula is C30H32N6O. The first kappa shape index (κ1) is 24.7. The minimum atomic E-state index is 0.182. The number of ketones is 1. The molecule has 1 aliphatic rings. The summed E-state index contributed by atoms with van der Waals surface area (Å²) in [6.07, 6.45) is 4.29. The maximum Gasteiger partial charge on any atom is 0.164 e. The predicted molar refractivity (Wildman–Crippen MR) is 146 cm³/mol. The highest BCUT2D eigenvalue weighted by Gasteiger charge is 2.24. The molecule has 0 radical (unpaired) electrons. The molecule has 1 aliphatic heterocycles. The molecule has 0 unspecified atom stereocenters. The van der Waals surface area contributed by atoms with Crippen LogP contribution in [0.1, 0.15) is 52.4 Å². The fourth-order valence-corrected chi connectivity index (χ4v) is 4.96. The number of carbonyl (C=O) groups excluding carboxylic acids is 1. The summed E-state index contributed by atoms with van der Waals surface area (Å²) in [4.78, 5) is 23.8. The Balaban J connectivity index is 1.41. The van der Waals surface area contributed by atoms with E-state index >= 15 is 0 Å². The lowest BCUT2D eigenvalue weighted by Gasteiger charge is -2.29. The van der Waals surface area contributed by atoms with Crippen LogP contribution in [0.4, 0.5) is 5.82 Å². The van der Waals surface area contributed by atoms with Crippen molar-refractivity contribution in [3.8, 4) is 11.8 Å². The van der Waals surface area contributed by atoms with E-state index in [0.717, 1.165) is 59.4 Å². The standard InChI is InChI=1S/C30H32N6O/c1-20-5-4-6-22(15-20)17-26(37)18-23-8-7-21(2)24(16-23)9-10-27-28-29(31)32-19-33-30(28)36(34-27)25-11-13-35(3)14-12-25/h4-8,15-16,19,25H,11-14,17-18H2,1-3H3,(H2,31,32,33). The van der Waals surface area contributed by atoms with Gasteiger partial charge in [0.2, 0.25) is 0 Å². The van der Waals surface area contributed by atoms with Crippen molar-refractivity contribution < 1.29 is 4.79 Å². The second-order valence-corrected chi connectivity index (χ2v) is 10.1. The smallest absolute Gasteiger partial charge is 0.164 e. The molecule has 0 amide bonds. The third-order valence-electron chi connectivity index (χ3n) is 7.05. The van der Waals surface area contributed by atoms with Gasteiger partial charge in [-0.05, 0) is 75.5 Å². The Morgan fingerprint density at radius 3 is 2.54 bits per heavy atom. The molecule has 2 aromatic carbocycles. The van der Waals surface area contributed by atoms with E-state index in [1.165, 1.54) is 6.33 Å². The van der Waals surface area contributed by atoms with Gasteiger partial charge in [-0.2, -0.15) is 5.10 Å². The zero-order chi connectivity index (χ0) is 25.9. The van der Waals surface area contributed by atoms with Gasteiger partial charge in [0, 0.05) is 18.4 Å². The molecule has 37 heavy (non-hydrogen) atoms. The molecule has 5 rings (SSSR count). The molecule has 4 aromatic rings. The number of benzene rings is 2. The number of nitrogens with zero attached hydrogens (tertiary/aromatic N) is 5. The Kier molecular flexibility index (Phi) is 7.02. The molecule has 0 aliphatic carbocycles. The van der Waals surface area contributed by atoms with Crippen LogP contribution >= 0.6 is 0 Å². The number of aryl methyl sites for hydroxylation is 2. The zero-order valence-electron chi connectivity index (χ0n) is 21.7. The molecule has 1 saturated heterocycles. The summed E-state index contributed by atoms with van der Waals surface area (Å²) in [6.45, 7) is 6.10. The Morgan fingerprint density at radius 2 is 1.78 bits per heavy atom. The maximum absolute atomic E-state index is 12.7. The lowest BCUT2D eigenvalue weighted by Crippen LogP contribution is -2.32. The van der Waals surface area contributed by atoms with E-state index in [4.69, 9.17) is 10.8 Å². The number of hydrogen-bond donors (Lipinski definition) is 1. The van der Waals surface area contributed by atoms with Crippen molar-refractivity contribution in [3.05, 3.63) is 82.3 Å². The van der Waals surface area contributed by atoms with Crippen molar-refractivity contribution in [1.82, 2.24) is 24.6 Å². The third-order valence-corrected chi connectivity index (χ3v) is 7.05. The summed E-state index contributed by atoms with van der Waals surface area (Å²) in [5.41, 5.74) is 12.7. The van der Waals surface area contributed by atoms with Crippen molar-refractivity contribution in [2.24, 2.45) is 0 Å². The number of nitrogen functional groups attached to an aromatic ring is 1. The van der Waals surface area contributed by atoms with Gasteiger partial charge in [-0.3, -0.25) is 4.79 Å². The molecule has 0 bridgehead atoms. The minimum Gasteiger partial charge on any atom is -0.383 e. The van der Waals surface area contributed by atoms with E-state index in [1.54, 1.807) is 0 Å². The molecule has 0 atom stereocenters. The average Bonchev–Trinajstić information content (AvgIpc) is 3.24. The Hall–Kier alpha value is -4.02. The highest BCUT2D eigenvalue weighted by molar-refractivity contribution is 5.90. The van der Waals surface area contributed by atoms with E-state index in [9.17, 15) is 4.79 Å². The van der Waals surface area contributed by atoms with Crippen LogP contribution in [0.3, 0.4) is 0 Å². The highest BCUT2D eigenvalue weighted by atomic mass is 16.1. The third kappa shape index (κ3) is 5.55. The summed E-state index contributed by atoms with van der Waals surface area (Å²) in [7, 11) is 2.14. The van der Waals surface area contributed by atoms with Gasteiger partial charge in [-0.1, -0.05) is 47.9 Å². The van der Waals surface area contributed by atoms with E-state index in [-0.39, 0.29) is 11.8 Å². The van der Waals surface area contributed by atoms with Crippen LogP contribution in [0, 0.1) is 25.7 Å². The Bertz CT molecular complexity index is 1520. The lowest BCUT2D eigenvalue weighted by molar-refractivity contribution is -0.117. The van der Waals surface area contributed by atoms with Crippen LogP contribution in [0.2, 0.25) is 0 Å². The molecular weight excluding hydrogens is 460 g/mol. The van der Waals surface area contributed by atoms with Crippen molar-refractivity contribution in [2.45, 2.75) is 45.6 Å². The van der Waals surface area contributed by atoms with Gasteiger partial charge in [0.25, 0.3) is 0 Å². The van der Waals surface area contributed by atoms with E-state index in [0.29, 0.717) is 29.7 Å². The zero-order valence-corrected chi connectivity index (χ0v) is 21.7. The first-order valence-electron chi connectivity index (χ1n) is 12.7. The summed E-state index contributed by atoms with van der Waals surface area (Å²) in [6, 6.07) is 14.4. The van der Waals surface area contributed by atoms with Crippen LogP contribution < -0.4 is 5.73 Å². The number of fused-ring (bicyclic) bond motifs is 1. The van der Waals surface area contributed by atoms with Crippen LogP contribution in [0.15, 0.2) is 48.8 Å². The fraction of sp³-hybridized carbons (Fsp3) is 0.333. The van der Waals surface area contributed by atoms with E-state index < -0.39 is 0 Å². The normalized spacial score (nSPS) is 14.5. The van der Waals surface area contributed by atoms with Crippen LogP contribution in [0.25, 0.3) is 11.0 Å². The van der Waals surface area contributed by atoms with Gasteiger partial charge in [0.1, 0.15) is 23.6 Å². The van der Waals surface area contributed by atoms with E-state index in [2.05, 4.69) is 39.8 Å². The molecule has 2 N–H and O–H groups in total. The number of hydrogen-bond acceptors (Lipinski definition) is 6. The van der Waals surface area contributed by atoms with Crippen LogP contribution in [-0.4, -0.2) is 50.6 Å². The molecule has 7 heteroatoms. The van der Waals surface area contributed by atoms with Gasteiger partial charge in [0.05, 0.1) is 11.4 Å². The largest absolute Gasteiger partial charge is 0.383 e. The average molecular weight is 493 g/mol. The van der Waals surface area contributed by atoms with Gasteiger partial charge in [-0.25, -0.2) is 14.6 Å².